The fraction of sp³-hybridized carbons (Fsp3) is 0.412. The lowest BCUT2D eigenvalue weighted by molar-refractivity contribution is -0.147. The first-order valence-corrected chi connectivity index (χ1v) is 7.41. The second-order valence-electron chi connectivity index (χ2n) is 6.27. The Balaban J connectivity index is 1.77. The maximum atomic E-state index is 12.3. The van der Waals surface area contributed by atoms with Crippen LogP contribution in [0.5, 0.6) is 0 Å². The molecular formula is C17H19NO4. The summed E-state index contributed by atoms with van der Waals surface area (Å²) in [6, 6.07) is 5.81. The van der Waals surface area contributed by atoms with Crippen molar-refractivity contribution in [3.8, 4) is 0 Å². The highest BCUT2D eigenvalue weighted by atomic mass is 16.4. The number of benzene rings is 1. The van der Waals surface area contributed by atoms with E-state index in [0.717, 1.165) is 34.9 Å². The molecule has 1 saturated carbocycles. The SMILES string of the molecule is Cc1ccc2c(CC(=O)N[C@@](C)(C(=O)O)C3CC3)coc2c1. The van der Waals surface area contributed by atoms with Crippen LogP contribution in [0.2, 0.25) is 0 Å². The van der Waals surface area contributed by atoms with Gasteiger partial charge in [0, 0.05) is 10.9 Å². The van der Waals surface area contributed by atoms with Gasteiger partial charge in [0.25, 0.3) is 0 Å². The van der Waals surface area contributed by atoms with Crippen LogP contribution in [0.25, 0.3) is 11.0 Å². The van der Waals surface area contributed by atoms with Crippen LogP contribution < -0.4 is 5.32 Å². The predicted octanol–water partition coefficient (Wildman–Crippen LogP) is 2.65. The first-order chi connectivity index (χ1) is 10.4. The van der Waals surface area contributed by atoms with Gasteiger partial charge >= 0.3 is 5.97 Å². The number of fused-ring (bicyclic) bond motifs is 1. The summed E-state index contributed by atoms with van der Waals surface area (Å²) < 4.78 is 5.47. The normalized spacial score (nSPS) is 17.2. The molecule has 2 N–H and O–H groups in total. The number of carboxylic acid groups (broad SMARTS) is 1. The Hall–Kier alpha value is -2.30. The van der Waals surface area contributed by atoms with E-state index in [0.29, 0.717) is 0 Å². The standard InChI is InChI=1S/C17H19NO4/c1-10-3-6-13-11(9-22-14(13)7-10)8-15(19)18-17(2,16(20)21)12-4-5-12/h3,6-7,9,12H,4-5,8H2,1-2H3,(H,18,19)(H,20,21)/t17-/m1/s1. The Morgan fingerprint density at radius 1 is 1.41 bits per heavy atom. The molecule has 1 aliphatic carbocycles. The lowest BCUT2D eigenvalue weighted by Gasteiger charge is -2.26. The van der Waals surface area contributed by atoms with Crippen LogP contribution in [0.15, 0.2) is 28.9 Å². The molecule has 3 rings (SSSR count). The molecule has 0 unspecified atom stereocenters. The van der Waals surface area contributed by atoms with Crippen LogP contribution in [-0.4, -0.2) is 22.5 Å². The second-order valence-corrected chi connectivity index (χ2v) is 6.27. The molecular weight excluding hydrogens is 282 g/mol. The molecule has 2 aromatic rings. The molecule has 1 aromatic carbocycles. The van der Waals surface area contributed by atoms with E-state index in [-0.39, 0.29) is 18.2 Å². The third-order valence-corrected chi connectivity index (χ3v) is 4.40. The van der Waals surface area contributed by atoms with E-state index in [9.17, 15) is 14.7 Å². The maximum Gasteiger partial charge on any atom is 0.329 e. The molecule has 22 heavy (non-hydrogen) atoms. The van der Waals surface area contributed by atoms with E-state index >= 15 is 0 Å². The molecule has 0 bridgehead atoms. The van der Waals surface area contributed by atoms with E-state index in [1.165, 1.54) is 0 Å². The second kappa shape index (κ2) is 5.16. The van der Waals surface area contributed by atoms with Gasteiger partial charge in [-0.3, -0.25) is 4.79 Å². The summed E-state index contributed by atoms with van der Waals surface area (Å²) in [6.45, 7) is 3.56. The summed E-state index contributed by atoms with van der Waals surface area (Å²) in [7, 11) is 0. The Morgan fingerprint density at radius 3 is 2.77 bits per heavy atom. The van der Waals surface area contributed by atoms with Crippen molar-refractivity contribution >= 4 is 22.8 Å². The van der Waals surface area contributed by atoms with Crippen LogP contribution >= 0.6 is 0 Å². The number of aryl methyl sites for hydroxylation is 1. The number of carbonyl (C=O) groups excluding carboxylic acids is 1. The molecule has 116 valence electrons. The number of aliphatic carboxylic acids is 1. The van der Waals surface area contributed by atoms with Gasteiger partial charge in [-0.2, -0.15) is 0 Å². The number of nitrogens with one attached hydrogen (secondary N) is 1. The van der Waals surface area contributed by atoms with Gasteiger partial charge in [0.1, 0.15) is 11.1 Å². The number of hydrogen-bond acceptors (Lipinski definition) is 3. The van der Waals surface area contributed by atoms with E-state index in [1.807, 2.05) is 25.1 Å². The van der Waals surface area contributed by atoms with E-state index in [2.05, 4.69) is 5.32 Å². The fourth-order valence-electron chi connectivity index (χ4n) is 2.82. The molecule has 1 atom stereocenters. The average molecular weight is 301 g/mol. The minimum absolute atomic E-state index is 0.0256. The third-order valence-electron chi connectivity index (χ3n) is 4.40. The lowest BCUT2D eigenvalue weighted by Crippen LogP contribution is -2.54. The summed E-state index contributed by atoms with van der Waals surface area (Å²) >= 11 is 0. The quantitative estimate of drug-likeness (QED) is 0.889. The van der Waals surface area contributed by atoms with E-state index < -0.39 is 11.5 Å². The highest BCUT2D eigenvalue weighted by molar-refractivity contribution is 5.91. The van der Waals surface area contributed by atoms with Gasteiger partial charge in [0.2, 0.25) is 5.91 Å². The van der Waals surface area contributed by atoms with Crippen molar-refractivity contribution in [2.24, 2.45) is 5.92 Å². The topological polar surface area (TPSA) is 79.5 Å². The summed E-state index contributed by atoms with van der Waals surface area (Å²) in [6.07, 6.45) is 3.37. The van der Waals surface area contributed by atoms with Crippen molar-refractivity contribution in [3.05, 3.63) is 35.6 Å². The lowest BCUT2D eigenvalue weighted by atomic mass is 9.95. The zero-order valence-corrected chi connectivity index (χ0v) is 12.7. The predicted molar refractivity (Wildman–Crippen MR) is 81.6 cm³/mol. The number of hydrogen-bond donors (Lipinski definition) is 2. The molecule has 1 amide bonds. The van der Waals surface area contributed by atoms with Crippen molar-refractivity contribution < 1.29 is 19.1 Å². The number of furan rings is 1. The summed E-state index contributed by atoms with van der Waals surface area (Å²) in [4.78, 5) is 23.7. The highest BCUT2D eigenvalue weighted by Crippen LogP contribution is 2.39. The first kappa shape index (κ1) is 14.6. The van der Waals surface area contributed by atoms with Crippen LogP contribution in [0.4, 0.5) is 0 Å². The van der Waals surface area contributed by atoms with Gasteiger partial charge in [0.15, 0.2) is 0 Å². The van der Waals surface area contributed by atoms with Gasteiger partial charge < -0.3 is 14.8 Å². The minimum Gasteiger partial charge on any atom is -0.480 e. The molecule has 1 heterocycles. The van der Waals surface area contributed by atoms with Crippen LogP contribution in [0, 0.1) is 12.8 Å². The molecule has 0 radical (unpaired) electrons. The third kappa shape index (κ3) is 2.58. The van der Waals surface area contributed by atoms with Crippen LogP contribution in [0.1, 0.15) is 30.9 Å². The maximum absolute atomic E-state index is 12.3. The monoisotopic (exact) mass is 301 g/mol. The molecule has 1 aliphatic rings. The van der Waals surface area contributed by atoms with E-state index in [4.69, 9.17) is 4.42 Å². The first-order valence-electron chi connectivity index (χ1n) is 7.41. The zero-order valence-electron chi connectivity index (χ0n) is 12.7. The summed E-state index contributed by atoms with van der Waals surface area (Å²) in [5.41, 5.74) is 1.43. The summed E-state index contributed by atoms with van der Waals surface area (Å²) in [5, 5.41) is 13.0. The molecule has 0 aliphatic heterocycles. The largest absolute Gasteiger partial charge is 0.480 e. The number of rotatable bonds is 5. The van der Waals surface area contributed by atoms with E-state index in [1.54, 1.807) is 13.2 Å². The number of amides is 1. The van der Waals surface area contributed by atoms with Crippen molar-refractivity contribution in [2.45, 2.75) is 38.6 Å². The fourth-order valence-corrected chi connectivity index (χ4v) is 2.82. The van der Waals surface area contributed by atoms with Crippen LogP contribution in [-0.2, 0) is 16.0 Å². The Bertz CT molecular complexity index is 744. The van der Waals surface area contributed by atoms with Gasteiger partial charge in [-0.25, -0.2) is 4.79 Å². The highest BCUT2D eigenvalue weighted by Gasteiger charge is 2.48. The van der Waals surface area contributed by atoms with Gasteiger partial charge in [0.05, 0.1) is 12.7 Å². The Morgan fingerprint density at radius 2 is 2.14 bits per heavy atom. The molecule has 1 fully saturated rings. The molecule has 0 spiro atoms. The minimum atomic E-state index is -1.17. The molecule has 1 aromatic heterocycles. The van der Waals surface area contributed by atoms with Gasteiger partial charge in [-0.1, -0.05) is 12.1 Å². The molecule has 0 saturated heterocycles. The summed E-state index contributed by atoms with van der Waals surface area (Å²) in [5.74, 6) is -1.24. The zero-order chi connectivity index (χ0) is 15.9. The smallest absolute Gasteiger partial charge is 0.329 e. The molecule has 5 nitrogen and oxygen atoms in total. The molecule has 5 heteroatoms. The Kier molecular flexibility index (Phi) is 3.43. The van der Waals surface area contributed by atoms with Gasteiger partial charge in [-0.05, 0) is 44.2 Å². The van der Waals surface area contributed by atoms with Gasteiger partial charge in [-0.15, -0.1) is 0 Å². The van der Waals surface area contributed by atoms with Crippen molar-refractivity contribution in [1.82, 2.24) is 5.32 Å². The van der Waals surface area contributed by atoms with Crippen molar-refractivity contribution in [2.75, 3.05) is 0 Å². The van der Waals surface area contributed by atoms with Crippen molar-refractivity contribution in [1.29, 1.82) is 0 Å². The van der Waals surface area contributed by atoms with Crippen LogP contribution in [0.3, 0.4) is 0 Å². The number of carbonyl (C=O) groups is 2. The average Bonchev–Trinajstić information content (AvgIpc) is 3.23. The van der Waals surface area contributed by atoms with Crippen molar-refractivity contribution in [3.63, 3.8) is 0 Å². The Labute approximate surface area is 128 Å². The number of carboxylic acids is 1.